The van der Waals surface area contributed by atoms with E-state index in [1.54, 1.807) is 0 Å². The van der Waals surface area contributed by atoms with Crippen LogP contribution in [0.1, 0.15) is 6.92 Å². The number of nitrogens with zero attached hydrogens (tertiary/aromatic N) is 1. The van der Waals surface area contributed by atoms with E-state index in [-0.39, 0.29) is 13.1 Å². The van der Waals surface area contributed by atoms with E-state index in [4.69, 9.17) is 10.8 Å². The Hall–Kier alpha value is -1.30. The number of hydrogen-bond acceptors (Lipinski definition) is 3. The predicted molar refractivity (Wildman–Crippen MR) is 46.9 cm³/mol. The maximum atomic E-state index is 11.1. The van der Waals surface area contributed by atoms with Gasteiger partial charge in [0.15, 0.2) is 0 Å². The quantitative estimate of drug-likeness (QED) is 0.502. The molecule has 4 N–H and O–H groups in total. The number of primary amides is 1. The van der Waals surface area contributed by atoms with Gasteiger partial charge in [-0.1, -0.05) is 0 Å². The van der Waals surface area contributed by atoms with Gasteiger partial charge >= 0.3 is 6.03 Å². The van der Waals surface area contributed by atoms with Crippen molar-refractivity contribution in [2.45, 2.75) is 13.0 Å². The molecule has 1 unspecified atom stereocenters. The van der Waals surface area contributed by atoms with Crippen LogP contribution in [0.4, 0.5) is 4.79 Å². The second kappa shape index (κ2) is 5.36. The van der Waals surface area contributed by atoms with Crippen molar-refractivity contribution < 1.29 is 14.7 Å². The Labute approximate surface area is 76.7 Å². The van der Waals surface area contributed by atoms with E-state index >= 15 is 0 Å². The van der Waals surface area contributed by atoms with Crippen molar-refractivity contribution in [3.05, 3.63) is 0 Å². The number of urea groups is 1. The van der Waals surface area contributed by atoms with E-state index < -0.39 is 18.0 Å². The number of nitrogens with one attached hydrogen (secondary N) is 1. The smallest absolute Gasteiger partial charge is 0.317 e. The molecule has 0 spiro atoms. The Kier molecular flexibility index (Phi) is 4.83. The maximum Gasteiger partial charge on any atom is 0.317 e. The maximum absolute atomic E-state index is 11.1. The zero-order valence-electron chi connectivity index (χ0n) is 7.78. The molecular weight excluding hydrogens is 174 g/mol. The van der Waals surface area contributed by atoms with Gasteiger partial charge < -0.3 is 21.1 Å². The summed E-state index contributed by atoms with van der Waals surface area (Å²) in [5.74, 6) is -0.607. The first-order valence-corrected chi connectivity index (χ1v) is 3.90. The SMILES string of the molecule is CNC(=O)N(CC(N)=O)CC(C)O. The van der Waals surface area contributed by atoms with E-state index in [1.165, 1.54) is 14.0 Å². The van der Waals surface area contributed by atoms with Crippen molar-refractivity contribution >= 4 is 11.9 Å². The van der Waals surface area contributed by atoms with Crippen molar-refractivity contribution in [2.24, 2.45) is 5.73 Å². The predicted octanol–water partition coefficient (Wildman–Crippen LogP) is -1.51. The molecule has 0 aromatic rings. The molecule has 0 aliphatic carbocycles. The molecule has 0 fully saturated rings. The van der Waals surface area contributed by atoms with Crippen LogP contribution in [0.3, 0.4) is 0 Å². The lowest BCUT2D eigenvalue weighted by molar-refractivity contribution is -0.118. The van der Waals surface area contributed by atoms with Gasteiger partial charge in [-0.25, -0.2) is 4.79 Å². The second-order valence-electron chi connectivity index (χ2n) is 2.75. The Balaban J connectivity index is 4.18. The average molecular weight is 189 g/mol. The van der Waals surface area contributed by atoms with Gasteiger partial charge in [0.05, 0.1) is 6.10 Å². The molecule has 6 heteroatoms. The number of nitrogens with two attached hydrogens (primary N) is 1. The summed E-state index contributed by atoms with van der Waals surface area (Å²) >= 11 is 0. The van der Waals surface area contributed by atoms with Crippen LogP contribution in [-0.2, 0) is 4.79 Å². The third kappa shape index (κ3) is 5.02. The van der Waals surface area contributed by atoms with Crippen LogP contribution in [-0.4, -0.2) is 48.2 Å². The van der Waals surface area contributed by atoms with Crippen molar-refractivity contribution in [3.8, 4) is 0 Å². The van der Waals surface area contributed by atoms with Gasteiger partial charge in [0.2, 0.25) is 5.91 Å². The molecule has 13 heavy (non-hydrogen) atoms. The summed E-state index contributed by atoms with van der Waals surface area (Å²) in [5.41, 5.74) is 4.92. The number of aliphatic hydroxyl groups excluding tert-OH is 1. The normalized spacial score (nSPS) is 11.9. The van der Waals surface area contributed by atoms with Crippen LogP contribution in [0, 0.1) is 0 Å². The molecule has 0 rings (SSSR count). The van der Waals surface area contributed by atoms with E-state index in [0.29, 0.717) is 0 Å². The molecule has 0 saturated heterocycles. The second-order valence-corrected chi connectivity index (χ2v) is 2.75. The largest absolute Gasteiger partial charge is 0.392 e. The summed E-state index contributed by atoms with van der Waals surface area (Å²) in [7, 11) is 1.44. The summed E-state index contributed by atoms with van der Waals surface area (Å²) in [5, 5.41) is 11.4. The average Bonchev–Trinajstić information content (AvgIpc) is 2.00. The summed E-state index contributed by atoms with van der Waals surface area (Å²) in [6.07, 6.45) is -0.684. The van der Waals surface area contributed by atoms with Crippen LogP contribution >= 0.6 is 0 Å². The van der Waals surface area contributed by atoms with Gasteiger partial charge in [0, 0.05) is 13.6 Å². The fraction of sp³-hybridized carbons (Fsp3) is 0.714. The molecule has 76 valence electrons. The molecular formula is C7H15N3O3. The summed E-state index contributed by atoms with van der Waals surface area (Å²) in [4.78, 5) is 22.8. The van der Waals surface area contributed by atoms with Gasteiger partial charge in [-0.3, -0.25) is 4.79 Å². The lowest BCUT2D eigenvalue weighted by atomic mass is 10.3. The molecule has 0 radical (unpaired) electrons. The number of aliphatic hydroxyl groups is 1. The molecule has 0 saturated carbocycles. The van der Waals surface area contributed by atoms with Crippen molar-refractivity contribution in [1.82, 2.24) is 10.2 Å². The molecule has 3 amide bonds. The lowest BCUT2D eigenvalue weighted by Gasteiger charge is -2.21. The summed E-state index contributed by atoms with van der Waals surface area (Å²) in [6.45, 7) is 1.42. The van der Waals surface area contributed by atoms with Crippen molar-refractivity contribution in [2.75, 3.05) is 20.1 Å². The molecule has 0 aliphatic rings. The van der Waals surface area contributed by atoms with E-state index in [1.807, 2.05) is 0 Å². The zero-order chi connectivity index (χ0) is 10.4. The number of amides is 3. The monoisotopic (exact) mass is 189 g/mol. The summed E-state index contributed by atoms with van der Waals surface area (Å²) < 4.78 is 0. The molecule has 6 nitrogen and oxygen atoms in total. The number of carbonyl (C=O) groups excluding carboxylic acids is 2. The molecule has 0 aliphatic heterocycles. The fourth-order valence-corrected chi connectivity index (χ4v) is 0.884. The number of hydrogen-bond donors (Lipinski definition) is 3. The Morgan fingerprint density at radius 3 is 2.46 bits per heavy atom. The first-order chi connectivity index (χ1) is 5.97. The Bertz CT molecular complexity index is 193. The highest BCUT2D eigenvalue weighted by Gasteiger charge is 2.15. The van der Waals surface area contributed by atoms with Crippen LogP contribution in [0.5, 0.6) is 0 Å². The number of rotatable bonds is 4. The topological polar surface area (TPSA) is 95.7 Å². The third-order valence-electron chi connectivity index (χ3n) is 1.33. The lowest BCUT2D eigenvalue weighted by Crippen LogP contribution is -2.46. The fourth-order valence-electron chi connectivity index (χ4n) is 0.884. The molecule has 0 aromatic carbocycles. The van der Waals surface area contributed by atoms with Gasteiger partial charge in [-0.2, -0.15) is 0 Å². The minimum atomic E-state index is -0.684. The van der Waals surface area contributed by atoms with Crippen LogP contribution in [0.25, 0.3) is 0 Å². The van der Waals surface area contributed by atoms with E-state index in [0.717, 1.165) is 4.90 Å². The highest BCUT2D eigenvalue weighted by atomic mass is 16.3. The van der Waals surface area contributed by atoms with Crippen molar-refractivity contribution in [3.63, 3.8) is 0 Å². The molecule has 0 heterocycles. The minimum absolute atomic E-state index is 0.0859. The summed E-state index contributed by atoms with van der Waals surface area (Å²) in [6, 6.07) is -0.431. The van der Waals surface area contributed by atoms with Crippen LogP contribution in [0.15, 0.2) is 0 Å². The van der Waals surface area contributed by atoms with Gasteiger partial charge in [0.25, 0.3) is 0 Å². The highest BCUT2D eigenvalue weighted by Crippen LogP contribution is 1.92. The molecule has 1 atom stereocenters. The standard InChI is InChI=1S/C7H15N3O3/c1-5(11)3-10(4-6(8)12)7(13)9-2/h5,11H,3-4H2,1-2H3,(H2,8,12)(H,9,13). The molecule has 0 bridgehead atoms. The first-order valence-electron chi connectivity index (χ1n) is 3.90. The Morgan fingerprint density at radius 1 is 1.62 bits per heavy atom. The third-order valence-corrected chi connectivity index (χ3v) is 1.33. The zero-order valence-corrected chi connectivity index (χ0v) is 7.78. The van der Waals surface area contributed by atoms with E-state index in [2.05, 4.69) is 5.32 Å². The van der Waals surface area contributed by atoms with Crippen LogP contribution < -0.4 is 11.1 Å². The van der Waals surface area contributed by atoms with Crippen LogP contribution in [0.2, 0.25) is 0 Å². The molecule has 0 aromatic heterocycles. The first kappa shape index (κ1) is 11.7. The van der Waals surface area contributed by atoms with Gasteiger partial charge in [-0.05, 0) is 6.92 Å². The van der Waals surface area contributed by atoms with Gasteiger partial charge in [0.1, 0.15) is 6.54 Å². The minimum Gasteiger partial charge on any atom is -0.392 e. The van der Waals surface area contributed by atoms with Crippen molar-refractivity contribution in [1.29, 1.82) is 0 Å². The number of carbonyl (C=O) groups is 2. The highest BCUT2D eigenvalue weighted by molar-refractivity contribution is 5.82. The Morgan fingerprint density at radius 2 is 2.15 bits per heavy atom. The van der Waals surface area contributed by atoms with Gasteiger partial charge in [-0.15, -0.1) is 0 Å². The van der Waals surface area contributed by atoms with E-state index in [9.17, 15) is 9.59 Å².